The number of benzene rings is 1. The fraction of sp³-hybridized carbons (Fsp3) is 0.0714. The maximum atomic E-state index is 13.0. The topological polar surface area (TPSA) is 28.7 Å². The van der Waals surface area contributed by atoms with Crippen LogP contribution in [0.3, 0.4) is 0 Å². The van der Waals surface area contributed by atoms with Gasteiger partial charge in [0.05, 0.1) is 11.1 Å². The zero-order valence-electron chi connectivity index (χ0n) is 10.0. The summed E-state index contributed by atoms with van der Waals surface area (Å²) < 4.78 is 39.0. The molecule has 3 aromatic rings. The molecule has 2 nitrogen and oxygen atoms in total. The van der Waals surface area contributed by atoms with Crippen molar-refractivity contribution in [2.75, 3.05) is 0 Å². The molecule has 0 spiro atoms. The quantitative estimate of drug-likeness (QED) is 0.636. The van der Waals surface area contributed by atoms with E-state index in [0.717, 1.165) is 6.07 Å². The van der Waals surface area contributed by atoms with Crippen LogP contribution >= 0.6 is 11.6 Å². The normalized spacial score (nSPS) is 12.0. The molecule has 0 aliphatic carbocycles. The van der Waals surface area contributed by atoms with Crippen LogP contribution in [0.15, 0.2) is 42.6 Å². The van der Waals surface area contributed by atoms with Gasteiger partial charge in [-0.15, -0.1) is 0 Å². The van der Waals surface area contributed by atoms with E-state index >= 15 is 0 Å². The Morgan fingerprint density at radius 2 is 1.85 bits per heavy atom. The molecule has 0 bridgehead atoms. The summed E-state index contributed by atoms with van der Waals surface area (Å²) in [6.45, 7) is 0. The first-order valence-corrected chi connectivity index (χ1v) is 6.14. The number of nitrogens with one attached hydrogen (secondary N) is 1. The smallest absolute Gasteiger partial charge is 0.354 e. The summed E-state index contributed by atoms with van der Waals surface area (Å²) in [7, 11) is 0. The fourth-order valence-corrected chi connectivity index (χ4v) is 2.27. The van der Waals surface area contributed by atoms with Gasteiger partial charge in [-0.2, -0.15) is 13.2 Å². The number of alkyl halides is 3. The fourth-order valence-electron chi connectivity index (χ4n) is 2.11. The van der Waals surface area contributed by atoms with Gasteiger partial charge in [-0.05, 0) is 18.2 Å². The number of pyridine rings is 1. The molecule has 102 valence electrons. The van der Waals surface area contributed by atoms with Gasteiger partial charge in [0.1, 0.15) is 5.15 Å². The molecule has 20 heavy (non-hydrogen) atoms. The van der Waals surface area contributed by atoms with Crippen molar-refractivity contribution in [1.29, 1.82) is 0 Å². The zero-order valence-corrected chi connectivity index (χ0v) is 10.8. The molecule has 0 unspecified atom stereocenters. The summed E-state index contributed by atoms with van der Waals surface area (Å²) in [5.41, 5.74) is 0.465. The van der Waals surface area contributed by atoms with E-state index in [-0.39, 0.29) is 10.7 Å². The van der Waals surface area contributed by atoms with Crippen molar-refractivity contribution < 1.29 is 13.2 Å². The average Bonchev–Trinajstić information content (AvgIpc) is 2.80. The van der Waals surface area contributed by atoms with E-state index in [1.807, 2.05) is 0 Å². The molecule has 3 rings (SSSR count). The Hall–Kier alpha value is -2.01. The van der Waals surface area contributed by atoms with Crippen LogP contribution in [0.1, 0.15) is 5.56 Å². The Morgan fingerprint density at radius 1 is 1.10 bits per heavy atom. The van der Waals surface area contributed by atoms with Crippen LogP contribution in [0.25, 0.3) is 22.2 Å². The van der Waals surface area contributed by atoms with Crippen molar-refractivity contribution >= 4 is 22.5 Å². The monoisotopic (exact) mass is 296 g/mol. The Kier molecular flexibility index (Phi) is 2.94. The molecule has 0 saturated carbocycles. The number of H-pyrrole nitrogens is 1. The van der Waals surface area contributed by atoms with Gasteiger partial charge in [0.25, 0.3) is 0 Å². The van der Waals surface area contributed by atoms with Gasteiger partial charge >= 0.3 is 6.18 Å². The van der Waals surface area contributed by atoms with Crippen LogP contribution in [0.4, 0.5) is 13.2 Å². The Morgan fingerprint density at radius 3 is 2.60 bits per heavy atom. The van der Waals surface area contributed by atoms with Crippen molar-refractivity contribution in [3.8, 4) is 11.3 Å². The predicted octanol–water partition coefficient (Wildman–Crippen LogP) is 4.90. The zero-order chi connectivity index (χ0) is 14.3. The minimum Gasteiger partial charge on any atom is -0.354 e. The molecular formula is C14H8ClF3N2. The largest absolute Gasteiger partial charge is 0.417 e. The molecule has 0 atom stereocenters. The van der Waals surface area contributed by atoms with Crippen molar-refractivity contribution in [2.45, 2.75) is 6.18 Å². The molecule has 2 heterocycles. The number of halogens is 4. The minimum atomic E-state index is -4.40. The number of hydrogen-bond acceptors (Lipinski definition) is 1. The Bertz CT molecular complexity index is 777. The second kappa shape index (κ2) is 4.52. The van der Waals surface area contributed by atoms with Gasteiger partial charge in [-0.1, -0.05) is 29.8 Å². The second-order valence-electron chi connectivity index (χ2n) is 4.32. The SMILES string of the molecule is FC(F)(F)c1ccccc1-c1cc2cnc(Cl)cc2[nH]1. The number of aromatic amines is 1. The molecule has 0 radical (unpaired) electrons. The van der Waals surface area contributed by atoms with Gasteiger partial charge < -0.3 is 4.98 Å². The summed E-state index contributed by atoms with van der Waals surface area (Å²) >= 11 is 5.77. The molecule has 0 fully saturated rings. The number of rotatable bonds is 1. The van der Waals surface area contributed by atoms with Gasteiger partial charge in [0, 0.05) is 22.8 Å². The summed E-state index contributed by atoms with van der Waals surface area (Å²) in [6, 6.07) is 8.64. The summed E-state index contributed by atoms with van der Waals surface area (Å²) in [6.07, 6.45) is -2.88. The van der Waals surface area contributed by atoms with Crippen LogP contribution in [0.5, 0.6) is 0 Å². The third-order valence-corrected chi connectivity index (χ3v) is 3.20. The van der Waals surface area contributed by atoms with Gasteiger partial charge in [-0.3, -0.25) is 0 Å². The summed E-state index contributed by atoms with van der Waals surface area (Å²) in [4.78, 5) is 6.85. The Balaban J connectivity index is 2.21. The molecule has 1 N–H and O–H groups in total. The third-order valence-electron chi connectivity index (χ3n) is 2.99. The van der Waals surface area contributed by atoms with Crippen molar-refractivity contribution in [2.24, 2.45) is 0 Å². The second-order valence-corrected chi connectivity index (χ2v) is 4.71. The van der Waals surface area contributed by atoms with E-state index in [9.17, 15) is 13.2 Å². The average molecular weight is 297 g/mol. The Labute approximate surface area is 117 Å². The van der Waals surface area contributed by atoms with E-state index in [1.165, 1.54) is 18.3 Å². The number of hydrogen-bond donors (Lipinski definition) is 1. The lowest BCUT2D eigenvalue weighted by Crippen LogP contribution is -2.06. The lowest BCUT2D eigenvalue weighted by Gasteiger charge is -2.11. The molecule has 0 aliphatic heterocycles. The number of aromatic nitrogens is 2. The van der Waals surface area contributed by atoms with Gasteiger partial charge in [0.15, 0.2) is 0 Å². The van der Waals surface area contributed by atoms with Crippen molar-refractivity contribution in [3.63, 3.8) is 0 Å². The lowest BCUT2D eigenvalue weighted by molar-refractivity contribution is -0.137. The van der Waals surface area contributed by atoms with Crippen LogP contribution in [0, 0.1) is 0 Å². The molecule has 2 aromatic heterocycles. The first kappa shape index (κ1) is 13.0. The van der Waals surface area contributed by atoms with Crippen LogP contribution in [0.2, 0.25) is 5.15 Å². The number of fused-ring (bicyclic) bond motifs is 1. The first-order chi connectivity index (χ1) is 9.45. The summed E-state index contributed by atoms with van der Waals surface area (Å²) in [5.74, 6) is 0. The van der Waals surface area contributed by atoms with E-state index in [2.05, 4.69) is 9.97 Å². The van der Waals surface area contributed by atoms with Crippen molar-refractivity contribution in [1.82, 2.24) is 9.97 Å². The van der Waals surface area contributed by atoms with Crippen LogP contribution in [-0.2, 0) is 6.18 Å². The van der Waals surface area contributed by atoms with Gasteiger partial charge in [-0.25, -0.2) is 4.98 Å². The maximum Gasteiger partial charge on any atom is 0.417 e. The van der Waals surface area contributed by atoms with E-state index < -0.39 is 11.7 Å². The minimum absolute atomic E-state index is 0.104. The maximum absolute atomic E-state index is 13.0. The first-order valence-electron chi connectivity index (χ1n) is 5.76. The van der Waals surface area contributed by atoms with Crippen LogP contribution < -0.4 is 0 Å². The highest BCUT2D eigenvalue weighted by Gasteiger charge is 2.33. The summed E-state index contributed by atoms with van der Waals surface area (Å²) in [5, 5.41) is 0.997. The molecule has 6 heteroatoms. The third kappa shape index (κ3) is 2.25. The predicted molar refractivity (Wildman–Crippen MR) is 71.5 cm³/mol. The molecular weight excluding hydrogens is 289 g/mol. The van der Waals surface area contributed by atoms with Crippen molar-refractivity contribution in [3.05, 3.63) is 53.3 Å². The lowest BCUT2D eigenvalue weighted by atomic mass is 10.0. The van der Waals surface area contributed by atoms with E-state index in [1.54, 1.807) is 18.2 Å². The highest BCUT2D eigenvalue weighted by molar-refractivity contribution is 6.30. The highest BCUT2D eigenvalue weighted by Crippen LogP contribution is 2.37. The van der Waals surface area contributed by atoms with Crippen LogP contribution in [-0.4, -0.2) is 9.97 Å². The van der Waals surface area contributed by atoms with E-state index in [0.29, 0.717) is 16.6 Å². The molecule has 0 saturated heterocycles. The molecule has 0 aliphatic rings. The van der Waals surface area contributed by atoms with Gasteiger partial charge in [0.2, 0.25) is 0 Å². The number of nitrogens with zero attached hydrogens (tertiary/aromatic N) is 1. The molecule has 0 amide bonds. The highest BCUT2D eigenvalue weighted by atomic mass is 35.5. The molecule has 1 aromatic carbocycles. The standard InChI is InChI=1S/C14H8ClF3N2/c15-13-6-11-8(7-19-13)5-12(20-11)9-3-1-2-4-10(9)14(16,17)18/h1-7,20H. The van der Waals surface area contributed by atoms with E-state index in [4.69, 9.17) is 11.6 Å².